The number of ether oxygens (including phenoxy) is 1. The lowest BCUT2D eigenvalue weighted by Gasteiger charge is -2.02. The Balaban J connectivity index is 2.26. The Labute approximate surface area is 124 Å². The minimum atomic E-state index is 0.547. The predicted molar refractivity (Wildman–Crippen MR) is 82.8 cm³/mol. The van der Waals surface area contributed by atoms with Gasteiger partial charge in [-0.3, -0.25) is 4.98 Å². The highest BCUT2D eigenvalue weighted by Gasteiger charge is 2.14. The molecule has 0 fully saturated rings. The second-order valence-electron chi connectivity index (χ2n) is 4.67. The number of aryl methyl sites for hydroxylation is 1. The zero-order chi connectivity index (χ0) is 14.4. The molecule has 0 aromatic carbocycles. The monoisotopic (exact) mass is 291 g/mol. The van der Waals surface area contributed by atoms with Crippen LogP contribution in [0, 0.1) is 6.92 Å². The summed E-state index contributed by atoms with van der Waals surface area (Å²) in [5, 5.41) is 4.40. The fourth-order valence-electron chi connectivity index (χ4n) is 1.96. The van der Waals surface area contributed by atoms with E-state index < -0.39 is 0 Å². The van der Waals surface area contributed by atoms with Crippen molar-refractivity contribution in [2.24, 2.45) is 0 Å². The molecule has 2 aromatic heterocycles. The summed E-state index contributed by atoms with van der Waals surface area (Å²) in [4.78, 5) is 10.4. The lowest BCUT2D eigenvalue weighted by Crippen LogP contribution is -2.14. The van der Waals surface area contributed by atoms with E-state index in [1.54, 1.807) is 18.4 Å². The van der Waals surface area contributed by atoms with Crippen molar-refractivity contribution < 1.29 is 4.74 Å². The molecule has 0 saturated carbocycles. The zero-order valence-corrected chi connectivity index (χ0v) is 13.1. The third kappa shape index (κ3) is 3.62. The van der Waals surface area contributed by atoms with Crippen molar-refractivity contribution in [3.8, 4) is 10.7 Å². The molecule has 0 aliphatic heterocycles. The highest BCUT2D eigenvalue weighted by Crippen LogP contribution is 2.29. The smallest absolute Gasteiger partial charge is 0.142 e. The van der Waals surface area contributed by atoms with Crippen molar-refractivity contribution in [1.29, 1.82) is 0 Å². The Bertz CT molecular complexity index is 554. The van der Waals surface area contributed by atoms with Crippen LogP contribution < -0.4 is 5.32 Å². The zero-order valence-electron chi connectivity index (χ0n) is 12.3. The molecule has 0 bridgehead atoms. The van der Waals surface area contributed by atoms with Crippen molar-refractivity contribution >= 4 is 11.3 Å². The molecule has 0 aliphatic carbocycles. The molecular formula is C15H21N3OS. The average Bonchev–Trinajstić information content (AvgIpc) is 2.83. The van der Waals surface area contributed by atoms with Crippen LogP contribution in [-0.4, -0.2) is 23.6 Å². The van der Waals surface area contributed by atoms with Crippen molar-refractivity contribution in [3.05, 3.63) is 34.5 Å². The van der Waals surface area contributed by atoms with E-state index in [4.69, 9.17) is 9.72 Å². The van der Waals surface area contributed by atoms with Crippen LogP contribution in [0.1, 0.15) is 29.5 Å². The molecular weight excluding hydrogens is 270 g/mol. The number of thiazole rings is 1. The normalized spacial score (nSPS) is 10.9. The summed E-state index contributed by atoms with van der Waals surface area (Å²) in [5.74, 6) is 0. The average molecular weight is 291 g/mol. The topological polar surface area (TPSA) is 47.0 Å². The van der Waals surface area contributed by atoms with Gasteiger partial charge >= 0.3 is 0 Å². The van der Waals surface area contributed by atoms with E-state index in [-0.39, 0.29) is 0 Å². The van der Waals surface area contributed by atoms with Gasteiger partial charge in [0.1, 0.15) is 10.7 Å². The molecule has 108 valence electrons. The summed E-state index contributed by atoms with van der Waals surface area (Å²) in [6.45, 7) is 6.64. The van der Waals surface area contributed by atoms with Crippen LogP contribution in [-0.2, 0) is 17.9 Å². The van der Waals surface area contributed by atoms with Crippen molar-refractivity contribution in [2.45, 2.75) is 33.4 Å². The first-order valence-electron chi connectivity index (χ1n) is 6.86. The van der Waals surface area contributed by atoms with Gasteiger partial charge < -0.3 is 10.1 Å². The van der Waals surface area contributed by atoms with E-state index in [0.29, 0.717) is 6.61 Å². The SMILES string of the molecule is CCCNCc1sc(-c2ncccc2C)nc1COC. The summed E-state index contributed by atoms with van der Waals surface area (Å²) >= 11 is 1.70. The first-order chi connectivity index (χ1) is 9.76. The fraction of sp³-hybridized carbons (Fsp3) is 0.467. The molecule has 0 atom stereocenters. The molecule has 0 spiro atoms. The maximum absolute atomic E-state index is 5.25. The van der Waals surface area contributed by atoms with E-state index in [9.17, 15) is 0 Å². The minimum absolute atomic E-state index is 0.547. The molecule has 0 amide bonds. The van der Waals surface area contributed by atoms with E-state index in [1.165, 1.54) is 4.88 Å². The molecule has 4 nitrogen and oxygen atoms in total. The minimum Gasteiger partial charge on any atom is -0.378 e. The molecule has 0 saturated heterocycles. The van der Waals surface area contributed by atoms with Crippen LogP contribution in [0.25, 0.3) is 10.7 Å². The number of hydrogen-bond donors (Lipinski definition) is 1. The second-order valence-corrected chi connectivity index (χ2v) is 5.75. The van der Waals surface area contributed by atoms with Gasteiger partial charge in [-0.2, -0.15) is 0 Å². The van der Waals surface area contributed by atoms with Gasteiger partial charge in [0.25, 0.3) is 0 Å². The number of aromatic nitrogens is 2. The lowest BCUT2D eigenvalue weighted by molar-refractivity contribution is 0.181. The molecule has 2 rings (SSSR count). The molecule has 20 heavy (non-hydrogen) atoms. The Kier molecular flexibility index (Phi) is 5.64. The first-order valence-corrected chi connectivity index (χ1v) is 7.68. The number of nitrogens with zero attached hydrogens (tertiary/aromatic N) is 2. The summed E-state index contributed by atoms with van der Waals surface area (Å²) in [5.41, 5.74) is 3.14. The highest BCUT2D eigenvalue weighted by atomic mass is 32.1. The highest BCUT2D eigenvalue weighted by molar-refractivity contribution is 7.15. The number of methoxy groups -OCH3 is 1. The largest absolute Gasteiger partial charge is 0.378 e. The van der Waals surface area contributed by atoms with Gasteiger partial charge in [0.2, 0.25) is 0 Å². The molecule has 2 aromatic rings. The fourth-order valence-corrected chi connectivity index (χ4v) is 3.06. The second kappa shape index (κ2) is 7.47. The van der Waals surface area contributed by atoms with E-state index in [1.807, 2.05) is 12.3 Å². The van der Waals surface area contributed by atoms with Gasteiger partial charge in [0, 0.05) is 24.7 Å². The van der Waals surface area contributed by atoms with E-state index in [2.05, 4.69) is 30.2 Å². The first kappa shape index (κ1) is 15.1. The van der Waals surface area contributed by atoms with Gasteiger partial charge in [-0.1, -0.05) is 13.0 Å². The quantitative estimate of drug-likeness (QED) is 0.796. The standard InChI is InChI=1S/C15H21N3OS/c1-4-7-16-9-13-12(10-19-3)18-15(20-13)14-11(2)6-5-8-17-14/h5-6,8,16H,4,7,9-10H2,1-3H3. The van der Waals surface area contributed by atoms with Gasteiger partial charge in [0.05, 0.1) is 12.3 Å². The summed E-state index contributed by atoms with van der Waals surface area (Å²) in [6, 6.07) is 4.01. The summed E-state index contributed by atoms with van der Waals surface area (Å²) in [7, 11) is 1.70. The van der Waals surface area contributed by atoms with Crippen molar-refractivity contribution in [3.63, 3.8) is 0 Å². The third-order valence-electron chi connectivity index (χ3n) is 2.98. The van der Waals surface area contributed by atoms with E-state index >= 15 is 0 Å². The number of pyridine rings is 1. The van der Waals surface area contributed by atoms with Crippen LogP contribution in [0.5, 0.6) is 0 Å². The van der Waals surface area contributed by atoms with Gasteiger partial charge in [-0.05, 0) is 31.5 Å². The van der Waals surface area contributed by atoms with Crippen molar-refractivity contribution in [2.75, 3.05) is 13.7 Å². The molecule has 0 radical (unpaired) electrons. The third-order valence-corrected chi connectivity index (χ3v) is 4.09. The Morgan fingerprint density at radius 1 is 1.40 bits per heavy atom. The molecule has 2 heterocycles. The number of hydrogen-bond acceptors (Lipinski definition) is 5. The molecule has 0 aliphatic rings. The van der Waals surface area contributed by atoms with Crippen LogP contribution in [0.15, 0.2) is 18.3 Å². The van der Waals surface area contributed by atoms with Gasteiger partial charge in [-0.15, -0.1) is 11.3 Å². The predicted octanol–water partition coefficient (Wildman–Crippen LogP) is 3.16. The molecule has 5 heteroatoms. The number of rotatable bonds is 7. The van der Waals surface area contributed by atoms with E-state index in [0.717, 1.165) is 41.5 Å². The van der Waals surface area contributed by atoms with Crippen LogP contribution in [0.3, 0.4) is 0 Å². The Morgan fingerprint density at radius 2 is 2.25 bits per heavy atom. The Hall–Kier alpha value is -1.30. The van der Waals surface area contributed by atoms with Gasteiger partial charge in [-0.25, -0.2) is 4.98 Å². The van der Waals surface area contributed by atoms with Crippen molar-refractivity contribution in [1.82, 2.24) is 15.3 Å². The van der Waals surface area contributed by atoms with Crippen LogP contribution in [0.2, 0.25) is 0 Å². The molecule has 0 unspecified atom stereocenters. The Morgan fingerprint density at radius 3 is 2.95 bits per heavy atom. The van der Waals surface area contributed by atoms with Gasteiger partial charge in [0.15, 0.2) is 0 Å². The van der Waals surface area contributed by atoms with Crippen LogP contribution in [0.4, 0.5) is 0 Å². The lowest BCUT2D eigenvalue weighted by atomic mass is 10.2. The number of nitrogens with one attached hydrogen (secondary N) is 1. The maximum Gasteiger partial charge on any atom is 0.142 e. The summed E-state index contributed by atoms with van der Waals surface area (Å²) < 4.78 is 5.25. The summed E-state index contributed by atoms with van der Waals surface area (Å²) in [6.07, 6.45) is 2.94. The molecule has 1 N–H and O–H groups in total. The maximum atomic E-state index is 5.25. The van der Waals surface area contributed by atoms with Crippen LogP contribution >= 0.6 is 11.3 Å².